The number of nitrogens with two attached hydrogens (primary N) is 1. The fraction of sp³-hybridized carbons (Fsp3) is 1.00. The van der Waals surface area contributed by atoms with Crippen LogP contribution in [0.25, 0.3) is 0 Å². The van der Waals surface area contributed by atoms with Gasteiger partial charge in [-0.3, -0.25) is 0 Å². The van der Waals surface area contributed by atoms with E-state index in [4.69, 9.17) is 5.73 Å². The van der Waals surface area contributed by atoms with Gasteiger partial charge in [-0.2, -0.15) is 0 Å². The van der Waals surface area contributed by atoms with Crippen LogP contribution in [-0.2, 0) is 0 Å². The Labute approximate surface area is 65.1 Å². The van der Waals surface area contributed by atoms with Crippen molar-refractivity contribution >= 4 is 15.9 Å². The van der Waals surface area contributed by atoms with Gasteiger partial charge in [-0.15, -0.1) is 0 Å². The highest BCUT2D eigenvalue weighted by molar-refractivity contribution is 9.09. The van der Waals surface area contributed by atoms with Gasteiger partial charge >= 0.3 is 0 Å². The molecule has 9 heavy (non-hydrogen) atoms. The zero-order chi connectivity index (χ0) is 6.91. The highest BCUT2D eigenvalue weighted by atomic mass is 79.9. The lowest BCUT2D eigenvalue weighted by molar-refractivity contribution is 0.331. The minimum atomic E-state index is 0.129. The van der Waals surface area contributed by atoms with Gasteiger partial charge in [0.05, 0.1) is 0 Å². The molecule has 54 valence electrons. The first kappa shape index (κ1) is 7.55. The molecule has 0 radical (unpaired) electrons. The summed E-state index contributed by atoms with van der Waals surface area (Å²) in [6, 6.07) is 0. The molecule has 0 saturated heterocycles. The highest BCUT2D eigenvalue weighted by Gasteiger charge is 2.25. The van der Waals surface area contributed by atoms with Gasteiger partial charge in [0.2, 0.25) is 0 Å². The van der Waals surface area contributed by atoms with E-state index in [9.17, 15) is 0 Å². The van der Waals surface area contributed by atoms with Gasteiger partial charge < -0.3 is 5.73 Å². The molecule has 0 heterocycles. The average molecular weight is 192 g/mol. The Morgan fingerprint density at radius 3 is 2.22 bits per heavy atom. The van der Waals surface area contributed by atoms with Crippen LogP contribution in [0.1, 0.15) is 32.6 Å². The van der Waals surface area contributed by atoms with E-state index in [-0.39, 0.29) is 5.54 Å². The minimum Gasteiger partial charge on any atom is -0.325 e. The summed E-state index contributed by atoms with van der Waals surface area (Å²) in [5.74, 6) is 0. The van der Waals surface area contributed by atoms with Crippen LogP contribution in [0.4, 0.5) is 0 Å². The van der Waals surface area contributed by atoms with Crippen LogP contribution in [0, 0.1) is 0 Å². The Balaban J connectivity index is 2.35. The van der Waals surface area contributed by atoms with Gasteiger partial charge in [-0.1, -0.05) is 15.9 Å². The minimum absolute atomic E-state index is 0.129. The SMILES string of the molecule is CC1(N)CCC(Br)CC1. The maximum absolute atomic E-state index is 5.92. The largest absolute Gasteiger partial charge is 0.325 e. The predicted octanol–water partition coefficient (Wildman–Crippen LogP) is 2.04. The molecule has 0 unspecified atom stereocenters. The fourth-order valence-corrected chi connectivity index (χ4v) is 1.70. The molecule has 2 heteroatoms. The molecule has 1 fully saturated rings. The fourth-order valence-electron chi connectivity index (χ4n) is 1.24. The summed E-state index contributed by atoms with van der Waals surface area (Å²) in [4.78, 5) is 0.731. The van der Waals surface area contributed by atoms with Gasteiger partial charge in [0.15, 0.2) is 0 Å². The van der Waals surface area contributed by atoms with Gasteiger partial charge in [0.25, 0.3) is 0 Å². The Kier molecular flexibility index (Phi) is 2.17. The molecule has 1 nitrogen and oxygen atoms in total. The lowest BCUT2D eigenvalue weighted by atomic mass is 9.84. The van der Waals surface area contributed by atoms with Crippen molar-refractivity contribution in [2.24, 2.45) is 5.73 Å². The van der Waals surface area contributed by atoms with Crippen LogP contribution in [-0.4, -0.2) is 10.4 Å². The van der Waals surface area contributed by atoms with Gasteiger partial charge in [-0.25, -0.2) is 0 Å². The Hall–Kier alpha value is 0.440. The maximum Gasteiger partial charge on any atom is 0.0147 e. The molecule has 1 aliphatic carbocycles. The third-order valence-electron chi connectivity index (χ3n) is 2.06. The summed E-state index contributed by atoms with van der Waals surface area (Å²) in [5.41, 5.74) is 6.05. The molecular formula is C7H14BrN. The number of rotatable bonds is 0. The standard InChI is InChI=1S/C7H14BrN/c1-7(9)4-2-6(8)3-5-7/h6H,2-5,9H2,1H3. The second-order valence-electron chi connectivity index (χ2n) is 3.33. The number of hydrogen-bond acceptors (Lipinski definition) is 1. The zero-order valence-corrected chi connectivity index (χ0v) is 7.45. The molecule has 1 rings (SSSR count). The first-order valence-corrected chi connectivity index (χ1v) is 4.45. The van der Waals surface area contributed by atoms with E-state index in [1.807, 2.05) is 0 Å². The van der Waals surface area contributed by atoms with Crippen LogP contribution in [0.5, 0.6) is 0 Å². The molecular weight excluding hydrogens is 178 g/mol. The lowest BCUT2D eigenvalue weighted by Crippen LogP contribution is -2.40. The third-order valence-corrected chi connectivity index (χ3v) is 2.97. The third kappa shape index (κ3) is 2.26. The van der Waals surface area contributed by atoms with Gasteiger partial charge in [-0.05, 0) is 32.6 Å². The Morgan fingerprint density at radius 2 is 1.89 bits per heavy atom. The van der Waals surface area contributed by atoms with E-state index in [0.717, 1.165) is 4.83 Å². The summed E-state index contributed by atoms with van der Waals surface area (Å²) in [5, 5.41) is 0. The van der Waals surface area contributed by atoms with E-state index in [0.29, 0.717) is 0 Å². The molecule has 0 amide bonds. The van der Waals surface area contributed by atoms with E-state index < -0.39 is 0 Å². The lowest BCUT2D eigenvalue weighted by Gasteiger charge is -2.31. The van der Waals surface area contributed by atoms with Crippen molar-refractivity contribution in [3.8, 4) is 0 Å². The molecule has 0 atom stereocenters. The van der Waals surface area contributed by atoms with Crippen molar-refractivity contribution in [1.82, 2.24) is 0 Å². The normalized spacial score (nSPS) is 45.0. The molecule has 0 aromatic heterocycles. The molecule has 0 aromatic carbocycles. The van der Waals surface area contributed by atoms with E-state index in [1.165, 1.54) is 25.7 Å². The summed E-state index contributed by atoms with van der Waals surface area (Å²) in [6.07, 6.45) is 4.83. The first-order chi connectivity index (χ1) is 4.10. The van der Waals surface area contributed by atoms with Crippen LogP contribution in [0.15, 0.2) is 0 Å². The smallest absolute Gasteiger partial charge is 0.0147 e. The van der Waals surface area contributed by atoms with Crippen molar-refractivity contribution in [1.29, 1.82) is 0 Å². The summed E-state index contributed by atoms with van der Waals surface area (Å²) < 4.78 is 0. The van der Waals surface area contributed by atoms with Gasteiger partial charge in [0.1, 0.15) is 0 Å². The quantitative estimate of drug-likeness (QED) is 0.584. The number of alkyl halides is 1. The Bertz CT molecular complexity index is 91.1. The number of halogens is 1. The molecule has 0 spiro atoms. The van der Waals surface area contributed by atoms with Gasteiger partial charge in [0, 0.05) is 10.4 Å². The van der Waals surface area contributed by atoms with Crippen molar-refractivity contribution in [3.63, 3.8) is 0 Å². The monoisotopic (exact) mass is 191 g/mol. The van der Waals surface area contributed by atoms with Crippen LogP contribution in [0.3, 0.4) is 0 Å². The Morgan fingerprint density at radius 1 is 1.44 bits per heavy atom. The molecule has 1 aliphatic rings. The van der Waals surface area contributed by atoms with Crippen LogP contribution in [0.2, 0.25) is 0 Å². The second-order valence-corrected chi connectivity index (χ2v) is 4.62. The molecule has 0 aliphatic heterocycles. The van der Waals surface area contributed by atoms with Crippen molar-refractivity contribution in [2.45, 2.75) is 43.0 Å². The van der Waals surface area contributed by atoms with Crippen molar-refractivity contribution in [2.75, 3.05) is 0 Å². The zero-order valence-electron chi connectivity index (χ0n) is 5.86. The van der Waals surface area contributed by atoms with E-state index in [1.54, 1.807) is 0 Å². The maximum atomic E-state index is 5.92. The van der Waals surface area contributed by atoms with Crippen LogP contribution < -0.4 is 5.73 Å². The number of hydrogen-bond donors (Lipinski definition) is 1. The van der Waals surface area contributed by atoms with Crippen molar-refractivity contribution in [3.05, 3.63) is 0 Å². The predicted molar refractivity (Wildman–Crippen MR) is 43.8 cm³/mol. The van der Waals surface area contributed by atoms with E-state index in [2.05, 4.69) is 22.9 Å². The van der Waals surface area contributed by atoms with Crippen molar-refractivity contribution < 1.29 is 0 Å². The molecule has 1 saturated carbocycles. The molecule has 0 aromatic rings. The van der Waals surface area contributed by atoms with Crippen LogP contribution >= 0.6 is 15.9 Å². The second kappa shape index (κ2) is 2.59. The summed E-state index contributed by atoms with van der Waals surface area (Å²) >= 11 is 3.58. The first-order valence-electron chi connectivity index (χ1n) is 3.53. The summed E-state index contributed by atoms with van der Waals surface area (Å²) in [6.45, 7) is 2.14. The summed E-state index contributed by atoms with van der Waals surface area (Å²) in [7, 11) is 0. The highest BCUT2D eigenvalue weighted by Crippen LogP contribution is 2.29. The molecule has 2 N–H and O–H groups in total. The van der Waals surface area contributed by atoms with E-state index >= 15 is 0 Å². The molecule has 0 bridgehead atoms. The topological polar surface area (TPSA) is 26.0 Å². The average Bonchev–Trinajstić information content (AvgIpc) is 1.78.